The lowest BCUT2D eigenvalue weighted by Gasteiger charge is -2.37. The van der Waals surface area contributed by atoms with E-state index in [2.05, 4.69) is 38.5 Å². The van der Waals surface area contributed by atoms with Gasteiger partial charge in [-0.1, -0.05) is 87.9 Å². The Hall–Kier alpha value is -3.98. The van der Waals surface area contributed by atoms with Crippen LogP contribution in [0.3, 0.4) is 0 Å². The number of aromatic nitrogens is 2. The van der Waals surface area contributed by atoms with Crippen LogP contribution in [0.25, 0.3) is 0 Å². The predicted octanol–water partition coefficient (Wildman–Crippen LogP) is 8.18. The van der Waals surface area contributed by atoms with Gasteiger partial charge in [0.2, 0.25) is 0 Å². The number of fused-ring (bicyclic) bond motifs is 2. The van der Waals surface area contributed by atoms with Crippen molar-refractivity contribution in [2.75, 3.05) is 50.1 Å². The van der Waals surface area contributed by atoms with E-state index in [1.54, 1.807) is 29.6 Å². The lowest BCUT2D eigenvalue weighted by Crippen LogP contribution is -2.41. The van der Waals surface area contributed by atoms with Crippen molar-refractivity contribution in [2.45, 2.75) is 95.9 Å². The number of nitrogens with one attached hydrogen (secondary N) is 3. The van der Waals surface area contributed by atoms with Crippen molar-refractivity contribution in [3.8, 4) is 17.6 Å². The van der Waals surface area contributed by atoms with Crippen molar-refractivity contribution in [3.63, 3.8) is 0 Å². The maximum Gasteiger partial charge on any atom is 0.336 e. The Bertz CT molecular complexity index is 2660. The van der Waals surface area contributed by atoms with E-state index >= 15 is 0 Å². The summed E-state index contributed by atoms with van der Waals surface area (Å²) in [4.78, 5) is 68.1. The first-order valence-corrected chi connectivity index (χ1v) is 29.5. The van der Waals surface area contributed by atoms with Gasteiger partial charge in [-0.15, -0.1) is 0 Å². The summed E-state index contributed by atoms with van der Waals surface area (Å²) in [5.74, 6) is 3.45. The van der Waals surface area contributed by atoms with Gasteiger partial charge in [-0.2, -0.15) is 0 Å². The van der Waals surface area contributed by atoms with Crippen LogP contribution in [0.1, 0.15) is 111 Å². The molecule has 2 heterocycles. The number of amides is 1. The maximum absolute atomic E-state index is 13.6. The van der Waals surface area contributed by atoms with E-state index in [0.29, 0.717) is 28.2 Å². The number of carbonyl (C=O) groups is 2. The zero-order valence-corrected chi connectivity index (χ0v) is 47.3. The number of aromatic carboxylic acids is 1. The normalized spacial score (nSPS) is 16.9. The van der Waals surface area contributed by atoms with Crippen LogP contribution in [0, 0.1) is 24.7 Å². The summed E-state index contributed by atoms with van der Waals surface area (Å²) in [5, 5.41) is 50.4. The summed E-state index contributed by atoms with van der Waals surface area (Å²) in [6.07, 6.45) is 1.50. The Balaban J connectivity index is 0.00000271. The second-order valence-corrected chi connectivity index (χ2v) is 24.8. The van der Waals surface area contributed by atoms with Crippen molar-refractivity contribution in [1.29, 1.82) is 0 Å². The molecule has 5 rings (SSSR count). The number of carboxylic acids is 1. The lowest BCUT2D eigenvalue weighted by molar-refractivity contribution is -0.176. The van der Waals surface area contributed by atoms with Crippen LogP contribution in [0.15, 0.2) is 74.6 Å². The number of ether oxygens (including phenoxy) is 3. The van der Waals surface area contributed by atoms with Crippen molar-refractivity contribution >= 4 is 83.7 Å². The molecule has 0 bridgehead atoms. The quantitative estimate of drug-likeness (QED) is 0.00924. The molecule has 0 radical (unpaired) electrons. The van der Waals surface area contributed by atoms with Gasteiger partial charge < -0.3 is 45.1 Å². The monoisotopic (exact) mass is 1130 g/mol. The number of carboxylic acid groups (broad SMARTS) is 1. The van der Waals surface area contributed by atoms with Crippen LogP contribution in [-0.4, -0.2) is 124 Å². The van der Waals surface area contributed by atoms with Gasteiger partial charge in [0.05, 0.1) is 11.3 Å². The number of aliphatic hydroxyl groups excluding tert-OH is 2. The fraction of sp³-hybridized carbons (Fsp3) is 0.479. The molecule has 1 aliphatic carbocycles. The molecule has 1 aliphatic heterocycles. The highest BCUT2D eigenvalue weighted by Crippen LogP contribution is 2.50. The van der Waals surface area contributed by atoms with Gasteiger partial charge in [-0.25, -0.2) is 9.59 Å². The molecule has 0 spiro atoms. The number of allylic oxidation sites excluding steroid dienone is 3. The van der Waals surface area contributed by atoms with Crippen LogP contribution in [0.2, 0.25) is 0 Å². The number of aromatic amines is 1. The fourth-order valence-electron chi connectivity index (χ4n) is 7.21. The third-order valence-corrected chi connectivity index (χ3v) is 17.1. The second kappa shape index (κ2) is 30.5. The van der Waals surface area contributed by atoms with E-state index < -0.39 is 60.8 Å². The van der Waals surface area contributed by atoms with E-state index in [0.717, 1.165) is 40.8 Å². The molecule has 3 aromatic rings. The highest BCUT2D eigenvalue weighted by Gasteiger charge is 2.40. The van der Waals surface area contributed by atoms with Crippen LogP contribution in [0.4, 0.5) is 5.69 Å². The van der Waals surface area contributed by atoms with E-state index in [-0.39, 0.29) is 60.8 Å². The highest BCUT2D eigenvalue weighted by atomic mass is 33.1. The smallest absolute Gasteiger partial charge is 0.336 e. The number of benzene rings is 2. The van der Waals surface area contributed by atoms with E-state index in [9.17, 15) is 39.4 Å². The number of H-pyrrole nitrogens is 1. The van der Waals surface area contributed by atoms with Gasteiger partial charge in [0.15, 0.2) is 14.7 Å². The fourth-order valence-corrected chi connectivity index (χ4v) is 11.9. The molecule has 1 aromatic heterocycles. The first-order chi connectivity index (χ1) is 34.6. The molecule has 19 nitrogen and oxygen atoms in total. The van der Waals surface area contributed by atoms with E-state index in [4.69, 9.17) is 29.3 Å². The Kier molecular flexibility index (Phi) is 26.5. The van der Waals surface area contributed by atoms with Crippen molar-refractivity contribution in [2.24, 2.45) is 10.9 Å². The van der Waals surface area contributed by atoms with Gasteiger partial charge in [-0.3, -0.25) is 39.2 Å². The van der Waals surface area contributed by atoms with Gasteiger partial charge in [-0.05, 0) is 76.4 Å². The molecule has 6 unspecified atom stereocenters. The Labute approximate surface area is 444 Å². The summed E-state index contributed by atoms with van der Waals surface area (Å²) in [5.41, 5.74) is 3.41. The van der Waals surface area contributed by atoms with Crippen LogP contribution in [0.5, 0.6) is 5.75 Å². The number of rotatable bonds is 21. The molecule has 9 N–H and O–H groups in total. The van der Waals surface area contributed by atoms with Crippen molar-refractivity contribution < 1.29 is 59.1 Å². The number of carbonyl (C=O) groups excluding carboxylic acids is 1. The lowest BCUT2D eigenvalue weighted by atomic mass is 9.73. The minimum atomic E-state index is -1.85. The Morgan fingerprint density at radius 2 is 1.73 bits per heavy atom. The molecule has 400 valence electrons. The van der Waals surface area contributed by atoms with Gasteiger partial charge in [0.1, 0.15) is 47.5 Å². The zero-order chi connectivity index (χ0) is 54.6. The molecular weight excluding hydrogens is 1060 g/mol. The van der Waals surface area contributed by atoms with Gasteiger partial charge >= 0.3 is 11.7 Å². The third-order valence-electron chi connectivity index (χ3n) is 10.4. The van der Waals surface area contributed by atoms with E-state index in [1.807, 2.05) is 80.5 Å². The minimum Gasteiger partial charge on any atom is -0.478 e. The molecule has 25 heteroatoms. The molecule has 0 fully saturated rings. The average Bonchev–Trinajstić information content (AvgIpc) is 3.33. The molecule has 1 amide bonds. The molecule has 73 heavy (non-hydrogen) atoms. The third kappa shape index (κ3) is 18.7. The number of nitrogens with zero attached hydrogens (tertiary/aromatic N) is 2. The standard InChI is InChI=1S/C47H60N5O11PS4.CH3OP.H2O2/c1-10-48-34-20-36-32(17-26(34)3)38(33-18-27(4)35(49-11-2)21-37(33)63-36)30-15-14-28(19-31(30)43(57)58)40(54)50-23-47(8,9)68-65-24-61-16-12-13-29-22-52(45(59)51-41(29)55)42(56)39(53)44(64-60)62-25-66-67-46(5,6)7;1-3-2;1-2/h14-15,17-22,32,38-39,42,44,49,53,56,60,64H,10-11,16,23-25H2,1-9H3,(H,50,54)(H,57,58)(H,51,55,59);1H3;1-2H. The first kappa shape index (κ1) is 63.3. The topological polar surface area (TPSA) is 292 Å². The summed E-state index contributed by atoms with van der Waals surface area (Å²) < 4.78 is 26.8. The highest BCUT2D eigenvalue weighted by molar-refractivity contribution is 8.77. The Morgan fingerprint density at radius 3 is 2.36 bits per heavy atom. The summed E-state index contributed by atoms with van der Waals surface area (Å²) in [6.45, 7) is 21.0. The second-order valence-electron chi connectivity index (χ2n) is 17.6. The number of aliphatic hydroxyl groups is 2. The minimum absolute atomic E-state index is 0.0208. The number of anilines is 1. The van der Waals surface area contributed by atoms with Gasteiger partial charge in [0.25, 0.3) is 11.5 Å². The number of hydrogen-bond acceptors (Lipinski definition) is 19. The van der Waals surface area contributed by atoms with Crippen LogP contribution in [-0.2, 0) is 14.0 Å². The van der Waals surface area contributed by atoms with Gasteiger partial charge in [0, 0.05) is 91.6 Å². The predicted molar refractivity (Wildman–Crippen MR) is 296 cm³/mol. The Morgan fingerprint density at radius 1 is 1.04 bits per heavy atom. The molecule has 2 aliphatic rings. The SMILES string of the molecule is CCN=C1C=C2Oc3cc(NCC)c(C)cc3C(c3ccc(C(=O)NCC(C)(C)SSCOCC#Cc4cn(C(O)C(O)C(OCSSC(C)(C)C)PO)c(=O)[nH]c4=O)cc3C(=O)O)C2C=C1C.CP=O.OO. The first-order valence-electron chi connectivity index (χ1n) is 22.6. The molecular formula is C48H65N5O14P2S4. The van der Waals surface area contributed by atoms with Crippen LogP contribution < -0.4 is 26.6 Å². The van der Waals surface area contributed by atoms with Crippen molar-refractivity contribution in [3.05, 3.63) is 114 Å². The average molecular weight is 1130 g/mol. The van der Waals surface area contributed by atoms with E-state index in [1.165, 1.54) is 38.4 Å². The molecule has 0 saturated carbocycles. The number of hydrogen-bond donors (Lipinski definition) is 9. The van der Waals surface area contributed by atoms with Crippen LogP contribution >= 0.6 is 60.4 Å². The van der Waals surface area contributed by atoms with Crippen molar-refractivity contribution in [1.82, 2.24) is 14.9 Å². The molecule has 6 atom stereocenters. The summed E-state index contributed by atoms with van der Waals surface area (Å²) in [7, 11) is 5.02. The molecule has 0 saturated heterocycles. The maximum atomic E-state index is 13.6. The summed E-state index contributed by atoms with van der Waals surface area (Å²) >= 11 is 0. The summed E-state index contributed by atoms with van der Waals surface area (Å²) in [6, 6.07) is 8.84. The molecule has 2 aromatic carbocycles. The number of aryl methyl sites for hydroxylation is 1. The largest absolute Gasteiger partial charge is 0.478 e. The zero-order valence-electron chi connectivity index (χ0n) is 42.2. The number of aliphatic imine (C=N–C) groups is 1.